The highest BCUT2D eigenvalue weighted by molar-refractivity contribution is 7.14. The summed E-state index contributed by atoms with van der Waals surface area (Å²) in [5.41, 5.74) is 0.545. The molecule has 0 amide bonds. The lowest BCUT2D eigenvalue weighted by atomic mass is 10.0. The van der Waals surface area contributed by atoms with Crippen molar-refractivity contribution in [1.82, 2.24) is 14.5 Å². The first kappa shape index (κ1) is 14.5. The van der Waals surface area contributed by atoms with Gasteiger partial charge in [0.05, 0.1) is 11.3 Å². The third-order valence-electron chi connectivity index (χ3n) is 3.69. The first-order chi connectivity index (χ1) is 9.99. The van der Waals surface area contributed by atoms with Crippen molar-refractivity contribution in [3.63, 3.8) is 0 Å². The third-order valence-corrected chi connectivity index (χ3v) is 5.13. The molecule has 0 bridgehead atoms. The van der Waals surface area contributed by atoms with E-state index in [2.05, 4.69) is 9.97 Å². The summed E-state index contributed by atoms with van der Waals surface area (Å²) >= 11 is 7.44. The van der Waals surface area contributed by atoms with Crippen molar-refractivity contribution < 1.29 is 0 Å². The Morgan fingerprint density at radius 1 is 1.29 bits per heavy atom. The summed E-state index contributed by atoms with van der Waals surface area (Å²) in [6.45, 7) is 3.75. The average molecular weight is 326 g/mol. The summed E-state index contributed by atoms with van der Waals surface area (Å²) in [5.74, 6) is -0.0670. The number of rotatable bonds is 2. The largest absolute Gasteiger partial charge is 0.336 e. The normalized spacial score (nSPS) is 14.5. The molecule has 0 saturated heterocycles. The Kier molecular flexibility index (Phi) is 3.75. The molecule has 7 heteroatoms. The van der Waals surface area contributed by atoms with Crippen molar-refractivity contribution in [2.75, 3.05) is 0 Å². The Bertz CT molecular complexity index is 780. The molecule has 2 aromatic heterocycles. The summed E-state index contributed by atoms with van der Waals surface area (Å²) in [6.07, 6.45) is 4.14. The molecule has 0 atom stereocenters. The number of thiazole rings is 1. The van der Waals surface area contributed by atoms with E-state index in [4.69, 9.17) is 11.6 Å². The zero-order chi connectivity index (χ0) is 15.1. The molecule has 0 fully saturated rings. The van der Waals surface area contributed by atoms with Crippen LogP contribution in [0.25, 0.3) is 5.13 Å². The summed E-state index contributed by atoms with van der Waals surface area (Å²) in [4.78, 5) is 33.0. The highest BCUT2D eigenvalue weighted by Crippen LogP contribution is 2.28. The number of H-pyrrole nitrogens is 1. The number of fused-ring (bicyclic) bond motifs is 1. The second-order valence-corrected chi connectivity index (χ2v) is 6.97. The van der Waals surface area contributed by atoms with Crippen molar-refractivity contribution in [3.05, 3.63) is 42.1 Å². The Labute approximate surface area is 130 Å². The second-order valence-electron chi connectivity index (χ2n) is 5.53. The maximum absolute atomic E-state index is 12.6. The van der Waals surface area contributed by atoms with Gasteiger partial charge >= 0.3 is 5.69 Å². The lowest BCUT2D eigenvalue weighted by Crippen LogP contribution is -2.36. The van der Waals surface area contributed by atoms with Gasteiger partial charge in [-0.2, -0.15) is 0 Å². The molecule has 5 nitrogen and oxygen atoms in total. The lowest BCUT2D eigenvalue weighted by Gasteiger charge is -2.09. The maximum Gasteiger partial charge on any atom is 0.336 e. The van der Waals surface area contributed by atoms with Gasteiger partial charge in [0, 0.05) is 4.88 Å². The SMILES string of the molecule is CC(C)c1c(Cl)[nH]c(=O)n(-c2nc3c(s2)CCCC3)c1=O. The molecule has 0 aliphatic heterocycles. The fourth-order valence-electron chi connectivity index (χ4n) is 2.63. The molecular formula is C14H16ClN3O2S. The third kappa shape index (κ3) is 2.46. The monoisotopic (exact) mass is 325 g/mol. The molecule has 3 rings (SSSR count). The van der Waals surface area contributed by atoms with Crippen LogP contribution in [0.3, 0.4) is 0 Å². The molecule has 0 aromatic carbocycles. The lowest BCUT2D eigenvalue weighted by molar-refractivity contribution is 0.679. The minimum absolute atomic E-state index is 0.0670. The minimum Gasteiger partial charge on any atom is -0.297 e. The van der Waals surface area contributed by atoms with E-state index in [0.29, 0.717) is 10.7 Å². The first-order valence-electron chi connectivity index (χ1n) is 7.02. The van der Waals surface area contributed by atoms with E-state index in [9.17, 15) is 9.59 Å². The molecule has 1 aliphatic carbocycles. The Morgan fingerprint density at radius 2 is 2.00 bits per heavy atom. The topological polar surface area (TPSA) is 67.8 Å². The Hall–Kier alpha value is -1.40. The number of nitrogens with zero attached hydrogens (tertiary/aromatic N) is 2. The summed E-state index contributed by atoms with van der Waals surface area (Å²) in [5, 5.41) is 0.573. The molecule has 2 heterocycles. The molecule has 1 N–H and O–H groups in total. The fraction of sp³-hybridized carbons (Fsp3) is 0.500. The van der Waals surface area contributed by atoms with Crippen molar-refractivity contribution >= 4 is 22.9 Å². The van der Waals surface area contributed by atoms with Crippen LogP contribution in [0.2, 0.25) is 5.15 Å². The predicted octanol–water partition coefficient (Wildman–Crippen LogP) is 2.64. The zero-order valence-electron chi connectivity index (χ0n) is 11.9. The van der Waals surface area contributed by atoms with Crippen LogP contribution in [-0.2, 0) is 12.8 Å². The van der Waals surface area contributed by atoms with Gasteiger partial charge in [0.2, 0.25) is 5.13 Å². The van der Waals surface area contributed by atoms with Crippen LogP contribution in [0.4, 0.5) is 0 Å². The van der Waals surface area contributed by atoms with Crippen molar-refractivity contribution in [3.8, 4) is 5.13 Å². The zero-order valence-corrected chi connectivity index (χ0v) is 13.5. The average Bonchev–Trinajstić information content (AvgIpc) is 2.80. The number of aromatic amines is 1. The molecule has 0 unspecified atom stereocenters. The molecule has 0 radical (unpaired) electrons. The molecule has 21 heavy (non-hydrogen) atoms. The molecule has 1 aliphatic rings. The van der Waals surface area contributed by atoms with Crippen molar-refractivity contribution in [2.45, 2.75) is 45.4 Å². The highest BCUT2D eigenvalue weighted by atomic mass is 35.5. The predicted molar refractivity (Wildman–Crippen MR) is 84.1 cm³/mol. The van der Waals surface area contributed by atoms with E-state index < -0.39 is 5.69 Å². The first-order valence-corrected chi connectivity index (χ1v) is 8.22. The summed E-state index contributed by atoms with van der Waals surface area (Å²) in [7, 11) is 0. The molecule has 2 aromatic rings. The van der Waals surface area contributed by atoms with Gasteiger partial charge in [-0.05, 0) is 31.6 Å². The number of hydrogen-bond donors (Lipinski definition) is 1. The number of aryl methyl sites for hydroxylation is 2. The number of halogens is 1. The van der Waals surface area contributed by atoms with Gasteiger partial charge in [0.15, 0.2) is 0 Å². The van der Waals surface area contributed by atoms with E-state index >= 15 is 0 Å². The van der Waals surface area contributed by atoms with Crippen LogP contribution in [0.1, 0.15) is 48.7 Å². The highest BCUT2D eigenvalue weighted by Gasteiger charge is 2.21. The quantitative estimate of drug-likeness (QED) is 0.863. The van der Waals surface area contributed by atoms with E-state index in [1.165, 1.54) is 16.2 Å². The Morgan fingerprint density at radius 3 is 2.67 bits per heavy atom. The number of aromatic nitrogens is 3. The van der Waals surface area contributed by atoms with Gasteiger partial charge in [-0.1, -0.05) is 25.4 Å². The standard InChI is InChI=1S/C14H16ClN3O2S/c1-7(2)10-11(15)17-13(20)18(12(10)19)14-16-8-5-3-4-6-9(8)21-14/h7H,3-6H2,1-2H3,(H,17,20). The minimum atomic E-state index is -0.527. The fourth-order valence-corrected chi connectivity index (χ4v) is 4.16. The van der Waals surface area contributed by atoms with Gasteiger partial charge < -0.3 is 0 Å². The van der Waals surface area contributed by atoms with Crippen LogP contribution in [0.5, 0.6) is 0 Å². The van der Waals surface area contributed by atoms with Crippen LogP contribution < -0.4 is 11.2 Å². The van der Waals surface area contributed by atoms with Gasteiger partial charge in [0.25, 0.3) is 5.56 Å². The van der Waals surface area contributed by atoms with E-state index in [-0.39, 0.29) is 16.6 Å². The molecule has 0 spiro atoms. The van der Waals surface area contributed by atoms with Gasteiger partial charge in [-0.25, -0.2) is 14.3 Å². The van der Waals surface area contributed by atoms with Crippen LogP contribution >= 0.6 is 22.9 Å². The van der Waals surface area contributed by atoms with Gasteiger partial charge in [-0.3, -0.25) is 9.78 Å². The molecule has 0 saturated carbocycles. The molecule has 112 valence electrons. The van der Waals surface area contributed by atoms with Crippen LogP contribution in [0.15, 0.2) is 9.59 Å². The number of hydrogen-bond acceptors (Lipinski definition) is 4. The van der Waals surface area contributed by atoms with Crippen molar-refractivity contribution in [1.29, 1.82) is 0 Å². The Balaban J connectivity index is 2.23. The smallest absolute Gasteiger partial charge is 0.297 e. The second kappa shape index (κ2) is 5.42. The maximum atomic E-state index is 12.6. The van der Waals surface area contributed by atoms with Gasteiger partial charge in [0.1, 0.15) is 5.15 Å². The van der Waals surface area contributed by atoms with Crippen LogP contribution in [0, 0.1) is 0 Å². The molecular weight excluding hydrogens is 310 g/mol. The van der Waals surface area contributed by atoms with Gasteiger partial charge in [-0.15, -0.1) is 11.3 Å². The van der Waals surface area contributed by atoms with E-state index in [1.807, 2.05) is 13.8 Å². The number of nitrogens with one attached hydrogen (secondary N) is 1. The van der Waals surface area contributed by atoms with Crippen LogP contribution in [-0.4, -0.2) is 14.5 Å². The summed E-state index contributed by atoms with van der Waals surface area (Å²) < 4.78 is 1.12. The van der Waals surface area contributed by atoms with E-state index in [0.717, 1.165) is 35.9 Å². The summed E-state index contributed by atoms with van der Waals surface area (Å²) in [6, 6.07) is 0. The van der Waals surface area contributed by atoms with Crippen molar-refractivity contribution in [2.24, 2.45) is 0 Å². The van der Waals surface area contributed by atoms with E-state index in [1.54, 1.807) is 0 Å².